The van der Waals surface area contributed by atoms with E-state index >= 15 is 0 Å². The van der Waals surface area contributed by atoms with Gasteiger partial charge in [0.05, 0.1) is 0 Å². The normalized spacial score (nSPS) is 10.3. The molecule has 0 aliphatic heterocycles. The Morgan fingerprint density at radius 2 is 1.80 bits per heavy atom. The maximum atomic E-state index is 3.44. The summed E-state index contributed by atoms with van der Waals surface area (Å²) in [6.07, 6.45) is 0. The molecule has 1 heterocycles. The van der Waals surface area contributed by atoms with Crippen molar-refractivity contribution < 1.29 is 0 Å². The molecule has 0 aliphatic carbocycles. The Labute approximate surface area is 110 Å². The van der Waals surface area contributed by atoms with Crippen LogP contribution in [0.1, 0.15) is 4.88 Å². The van der Waals surface area contributed by atoms with Crippen molar-refractivity contribution in [1.29, 1.82) is 0 Å². The summed E-state index contributed by atoms with van der Waals surface area (Å²) in [5.41, 5.74) is 1.14. The molecule has 15 heavy (non-hydrogen) atoms. The van der Waals surface area contributed by atoms with Gasteiger partial charge in [0.15, 0.2) is 0 Å². The van der Waals surface area contributed by atoms with Crippen LogP contribution in [0.25, 0.3) is 0 Å². The van der Waals surface area contributed by atoms with Gasteiger partial charge in [-0.3, -0.25) is 0 Å². The zero-order valence-electron chi connectivity index (χ0n) is 7.84. The van der Waals surface area contributed by atoms with Crippen molar-refractivity contribution in [2.45, 2.75) is 6.54 Å². The summed E-state index contributed by atoms with van der Waals surface area (Å²) in [7, 11) is 0. The third-order valence-electron chi connectivity index (χ3n) is 1.93. The van der Waals surface area contributed by atoms with Crippen LogP contribution in [0.5, 0.6) is 0 Å². The second-order valence-electron chi connectivity index (χ2n) is 3.09. The van der Waals surface area contributed by atoms with E-state index in [1.165, 1.54) is 4.88 Å². The van der Waals surface area contributed by atoms with Crippen LogP contribution >= 0.6 is 43.2 Å². The Morgan fingerprint density at radius 1 is 1.07 bits per heavy atom. The quantitative estimate of drug-likeness (QED) is 0.834. The Bertz CT molecular complexity index is 436. The van der Waals surface area contributed by atoms with E-state index in [1.807, 2.05) is 12.1 Å². The van der Waals surface area contributed by atoms with Crippen molar-refractivity contribution in [3.63, 3.8) is 0 Å². The molecule has 0 saturated carbocycles. The summed E-state index contributed by atoms with van der Waals surface area (Å²) >= 11 is 8.61. The van der Waals surface area contributed by atoms with Crippen LogP contribution in [0, 0.1) is 0 Å². The summed E-state index contributed by atoms with van der Waals surface area (Å²) in [5, 5.41) is 5.47. The van der Waals surface area contributed by atoms with Gasteiger partial charge in [0.2, 0.25) is 0 Å². The molecule has 1 aromatic carbocycles. The fourth-order valence-electron chi connectivity index (χ4n) is 1.20. The molecule has 0 atom stereocenters. The minimum atomic E-state index is 0.873. The highest BCUT2D eigenvalue weighted by Crippen LogP contribution is 2.21. The molecule has 0 bridgehead atoms. The molecule has 0 aliphatic rings. The third kappa shape index (κ3) is 3.33. The zero-order chi connectivity index (χ0) is 10.7. The molecule has 0 amide bonds. The summed E-state index contributed by atoms with van der Waals surface area (Å²) in [6.45, 7) is 0.873. The lowest BCUT2D eigenvalue weighted by molar-refractivity contribution is 1.19. The van der Waals surface area contributed by atoms with Crippen LogP contribution in [0.3, 0.4) is 0 Å². The van der Waals surface area contributed by atoms with E-state index in [9.17, 15) is 0 Å². The molecule has 1 nitrogen and oxygen atoms in total. The topological polar surface area (TPSA) is 12.0 Å². The van der Waals surface area contributed by atoms with Crippen molar-refractivity contribution in [2.75, 3.05) is 5.32 Å². The summed E-state index contributed by atoms with van der Waals surface area (Å²) in [4.78, 5) is 1.32. The van der Waals surface area contributed by atoms with Crippen LogP contribution in [0.15, 0.2) is 44.7 Å². The van der Waals surface area contributed by atoms with Crippen molar-refractivity contribution in [1.82, 2.24) is 0 Å². The predicted octanol–water partition coefficient (Wildman–Crippen LogP) is 4.89. The van der Waals surface area contributed by atoms with Crippen LogP contribution in [0.4, 0.5) is 5.69 Å². The largest absolute Gasteiger partial charge is 0.380 e. The second kappa shape index (κ2) is 5.14. The number of hydrogen-bond donors (Lipinski definition) is 1. The van der Waals surface area contributed by atoms with Crippen molar-refractivity contribution in [2.24, 2.45) is 0 Å². The van der Waals surface area contributed by atoms with Gasteiger partial charge in [0.1, 0.15) is 0 Å². The van der Waals surface area contributed by atoms with Gasteiger partial charge in [0.25, 0.3) is 0 Å². The van der Waals surface area contributed by atoms with Gasteiger partial charge < -0.3 is 5.32 Å². The molecule has 0 spiro atoms. The molecule has 1 N–H and O–H groups in total. The summed E-state index contributed by atoms with van der Waals surface area (Å²) in [6, 6.07) is 10.3. The summed E-state index contributed by atoms with van der Waals surface area (Å²) < 4.78 is 2.26. The molecular weight excluding hydrogens is 338 g/mol. The van der Waals surface area contributed by atoms with Crippen molar-refractivity contribution in [3.05, 3.63) is 49.5 Å². The predicted molar refractivity (Wildman–Crippen MR) is 73.5 cm³/mol. The van der Waals surface area contributed by atoms with Gasteiger partial charge >= 0.3 is 0 Å². The number of thiophene rings is 1. The fourth-order valence-corrected chi connectivity index (χ4v) is 2.86. The van der Waals surface area contributed by atoms with Gasteiger partial charge in [-0.2, -0.15) is 0 Å². The Morgan fingerprint density at radius 3 is 2.40 bits per heavy atom. The standard InChI is InChI=1S/C11H9Br2NS/c12-8-1-3-10(4-2-8)14-6-11-5-9(13)7-15-11/h1-5,7,14H,6H2. The van der Waals surface area contributed by atoms with Gasteiger partial charge in [-0.05, 0) is 46.3 Å². The Kier molecular flexibility index (Phi) is 3.83. The lowest BCUT2D eigenvalue weighted by Crippen LogP contribution is -1.96. The van der Waals surface area contributed by atoms with E-state index < -0.39 is 0 Å². The first kappa shape index (κ1) is 11.2. The van der Waals surface area contributed by atoms with Crippen LogP contribution in [-0.2, 0) is 6.54 Å². The molecular formula is C11H9Br2NS. The molecule has 0 saturated heterocycles. The third-order valence-corrected chi connectivity index (χ3v) is 4.16. The zero-order valence-corrected chi connectivity index (χ0v) is 11.8. The molecule has 4 heteroatoms. The Hall–Kier alpha value is -0.320. The minimum absolute atomic E-state index is 0.873. The molecule has 2 rings (SSSR count). The smallest absolute Gasteiger partial charge is 0.0494 e. The SMILES string of the molecule is Brc1ccc(NCc2cc(Br)cs2)cc1. The molecule has 0 unspecified atom stereocenters. The first-order valence-corrected chi connectivity index (χ1v) is 6.93. The first-order chi connectivity index (χ1) is 7.24. The molecule has 0 fully saturated rings. The molecule has 2 aromatic rings. The number of nitrogens with one attached hydrogen (secondary N) is 1. The van der Waals surface area contributed by atoms with Crippen LogP contribution < -0.4 is 5.32 Å². The number of benzene rings is 1. The average Bonchev–Trinajstić information content (AvgIpc) is 2.64. The van der Waals surface area contributed by atoms with Crippen LogP contribution in [-0.4, -0.2) is 0 Å². The molecule has 78 valence electrons. The highest BCUT2D eigenvalue weighted by Gasteiger charge is 1.97. The lowest BCUT2D eigenvalue weighted by Gasteiger charge is -2.04. The van der Waals surface area contributed by atoms with Gasteiger partial charge in [-0.25, -0.2) is 0 Å². The molecule has 0 radical (unpaired) electrons. The monoisotopic (exact) mass is 345 g/mol. The average molecular weight is 347 g/mol. The second-order valence-corrected chi connectivity index (χ2v) is 5.92. The molecule has 1 aromatic heterocycles. The van der Waals surface area contributed by atoms with Crippen molar-refractivity contribution >= 4 is 48.9 Å². The van der Waals surface area contributed by atoms with Gasteiger partial charge in [-0.15, -0.1) is 11.3 Å². The first-order valence-electron chi connectivity index (χ1n) is 4.46. The van der Waals surface area contributed by atoms with E-state index in [2.05, 4.69) is 60.8 Å². The number of rotatable bonds is 3. The number of anilines is 1. The van der Waals surface area contributed by atoms with Crippen molar-refractivity contribution in [3.8, 4) is 0 Å². The maximum absolute atomic E-state index is 3.44. The summed E-state index contributed by atoms with van der Waals surface area (Å²) in [5.74, 6) is 0. The Balaban J connectivity index is 1.96. The minimum Gasteiger partial charge on any atom is -0.380 e. The van der Waals surface area contributed by atoms with E-state index in [4.69, 9.17) is 0 Å². The van der Waals surface area contributed by atoms with Gasteiger partial charge in [0, 0.05) is 31.4 Å². The van der Waals surface area contributed by atoms with Crippen LogP contribution in [0.2, 0.25) is 0 Å². The number of halogens is 2. The van der Waals surface area contributed by atoms with E-state index in [0.29, 0.717) is 0 Å². The van der Waals surface area contributed by atoms with E-state index in [-0.39, 0.29) is 0 Å². The van der Waals surface area contributed by atoms with E-state index in [0.717, 1.165) is 21.2 Å². The highest BCUT2D eigenvalue weighted by molar-refractivity contribution is 9.10. The number of hydrogen-bond acceptors (Lipinski definition) is 2. The highest BCUT2D eigenvalue weighted by atomic mass is 79.9. The van der Waals surface area contributed by atoms with Gasteiger partial charge in [-0.1, -0.05) is 15.9 Å². The lowest BCUT2D eigenvalue weighted by atomic mass is 10.3. The fraction of sp³-hybridized carbons (Fsp3) is 0.0909. The maximum Gasteiger partial charge on any atom is 0.0494 e. The van der Waals surface area contributed by atoms with E-state index in [1.54, 1.807) is 11.3 Å².